The van der Waals surface area contributed by atoms with E-state index in [1.807, 2.05) is 24.3 Å². The minimum Gasteiger partial charge on any atom is -0.495 e. The van der Waals surface area contributed by atoms with Gasteiger partial charge in [0.2, 0.25) is 0 Å². The van der Waals surface area contributed by atoms with Gasteiger partial charge in [-0.1, -0.05) is 0 Å². The molecule has 0 aliphatic heterocycles. The summed E-state index contributed by atoms with van der Waals surface area (Å²) in [6.45, 7) is 0. The van der Waals surface area contributed by atoms with Gasteiger partial charge in [0.05, 0.1) is 42.1 Å². The van der Waals surface area contributed by atoms with E-state index in [9.17, 15) is 4.39 Å². The highest BCUT2D eigenvalue weighted by Crippen LogP contribution is 2.34. The zero-order valence-corrected chi connectivity index (χ0v) is 17.5. The Labute approximate surface area is 187 Å². The zero-order valence-electron chi connectivity index (χ0n) is 17.5. The van der Waals surface area contributed by atoms with Gasteiger partial charge in [-0.2, -0.15) is 5.10 Å². The summed E-state index contributed by atoms with van der Waals surface area (Å²) >= 11 is 0. The van der Waals surface area contributed by atoms with Crippen LogP contribution in [0.3, 0.4) is 0 Å². The first-order valence-electron chi connectivity index (χ1n) is 10.3. The minimum absolute atomic E-state index is 0.278. The molecule has 6 rings (SSSR count). The molecule has 5 heterocycles. The fraction of sp³-hybridized carbons (Fsp3) is 0.0400. The smallest absolute Gasteiger partial charge is 0.137 e. The van der Waals surface area contributed by atoms with Crippen molar-refractivity contribution in [2.45, 2.75) is 0 Å². The zero-order chi connectivity index (χ0) is 22.4. The maximum Gasteiger partial charge on any atom is 0.137 e. The van der Waals surface area contributed by atoms with Crippen LogP contribution in [0.15, 0.2) is 73.3 Å². The highest BCUT2D eigenvalue weighted by molar-refractivity contribution is 6.00. The van der Waals surface area contributed by atoms with E-state index in [2.05, 4.69) is 30.1 Å². The Morgan fingerprint density at radius 1 is 0.818 bits per heavy atom. The average molecular weight is 436 g/mol. The van der Waals surface area contributed by atoms with Crippen LogP contribution < -0.4 is 4.74 Å². The molecule has 0 fully saturated rings. The molecule has 1 aromatic carbocycles. The summed E-state index contributed by atoms with van der Waals surface area (Å²) < 4.78 is 18.7. The van der Waals surface area contributed by atoms with E-state index < -0.39 is 0 Å². The van der Waals surface area contributed by atoms with E-state index >= 15 is 0 Å². The highest BCUT2D eigenvalue weighted by Gasteiger charge is 2.15. The van der Waals surface area contributed by atoms with E-state index in [1.165, 1.54) is 12.1 Å². The molecule has 0 aliphatic rings. The van der Waals surface area contributed by atoms with Gasteiger partial charge in [0, 0.05) is 39.8 Å². The second-order valence-corrected chi connectivity index (χ2v) is 7.61. The van der Waals surface area contributed by atoms with Gasteiger partial charge in [0.25, 0.3) is 0 Å². The van der Waals surface area contributed by atoms with Crippen LogP contribution in [0.1, 0.15) is 0 Å². The van der Waals surface area contributed by atoms with Crippen molar-refractivity contribution in [3.63, 3.8) is 0 Å². The monoisotopic (exact) mass is 436 g/mol. The van der Waals surface area contributed by atoms with Crippen molar-refractivity contribution in [2.24, 2.45) is 0 Å². The Balaban J connectivity index is 1.48. The number of methoxy groups -OCH3 is 1. The highest BCUT2D eigenvalue weighted by atomic mass is 19.1. The summed E-state index contributed by atoms with van der Waals surface area (Å²) in [7, 11) is 1.61. The normalized spacial score (nSPS) is 11.3. The molecule has 160 valence electrons. The number of halogens is 1. The molecule has 7 nitrogen and oxygen atoms in total. The summed E-state index contributed by atoms with van der Waals surface area (Å²) in [4.78, 5) is 16.7. The molecule has 33 heavy (non-hydrogen) atoms. The van der Waals surface area contributed by atoms with Crippen molar-refractivity contribution >= 4 is 21.8 Å². The summed E-state index contributed by atoms with van der Waals surface area (Å²) in [5.74, 6) is 0.387. The average Bonchev–Trinajstić information content (AvgIpc) is 3.48. The number of benzene rings is 1. The van der Waals surface area contributed by atoms with Crippen LogP contribution in [0, 0.1) is 5.82 Å². The molecule has 0 atom stereocenters. The van der Waals surface area contributed by atoms with Crippen molar-refractivity contribution in [3.8, 4) is 39.7 Å². The molecule has 8 heteroatoms. The van der Waals surface area contributed by atoms with Gasteiger partial charge in [0.15, 0.2) is 0 Å². The lowest BCUT2D eigenvalue weighted by atomic mass is 10.1. The lowest BCUT2D eigenvalue weighted by Gasteiger charge is -2.04. The van der Waals surface area contributed by atoms with E-state index in [0.717, 1.165) is 55.7 Å². The number of nitrogens with zero attached hydrogens (tertiary/aromatic N) is 4. The third kappa shape index (κ3) is 3.28. The molecule has 0 amide bonds. The Kier molecular flexibility index (Phi) is 4.36. The van der Waals surface area contributed by atoms with Gasteiger partial charge >= 0.3 is 0 Å². The predicted molar refractivity (Wildman–Crippen MR) is 124 cm³/mol. The Morgan fingerprint density at radius 3 is 2.52 bits per heavy atom. The molecule has 0 unspecified atom stereocenters. The Hall–Kier alpha value is -4.59. The lowest BCUT2D eigenvalue weighted by Crippen LogP contribution is -1.88. The molecule has 0 saturated heterocycles. The topological polar surface area (TPSA) is 92.4 Å². The third-order valence-electron chi connectivity index (χ3n) is 5.61. The Morgan fingerprint density at radius 2 is 1.67 bits per heavy atom. The Bertz CT molecular complexity index is 1620. The first-order valence-corrected chi connectivity index (χ1v) is 10.3. The van der Waals surface area contributed by atoms with Gasteiger partial charge in [-0.15, -0.1) is 0 Å². The molecule has 0 saturated carbocycles. The van der Waals surface area contributed by atoms with Gasteiger partial charge in [0.1, 0.15) is 17.3 Å². The number of ether oxygens (including phenoxy) is 1. The molecule has 0 radical (unpaired) electrons. The standard InChI is InChI=1S/C25H17FN6O/c1-33-17-8-15(11-27-12-17)21-9-19-23(13-29-21)31-32-25(19)22-10-18-20(30-22)6-7-28-24(18)14-2-4-16(26)5-3-14/h2-13,30H,1H3,(H,31,32). The number of pyridine rings is 3. The molecular weight excluding hydrogens is 419 g/mol. The van der Waals surface area contributed by atoms with Crippen molar-refractivity contribution in [1.82, 2.24) is 30.1 Å². The summed E-state index contributed by atoms with van der Waals surface area (Å²) in [6.07, 6.45) is 6.90. The first kappa shape index (κ1) is 19.1. The van der Waals surface area contributed by atoms with Crippen LogP contribution in [0.4, 0.5) is 4.39 Å². The van der Waals surface area contributed by atoms with Crippen LogP contribution in [-0.4, -0.2) is 37.2 Å². The van der Waals surface area contributed by atoms with Crippen molar-refractivity contribution in [2.75, 3.05) is 7.11 Å². The molecular formula is C25H17FN6O. The third-order valence-corrected chi connectivity index (χ3v) is 5.61. The SMILES string of the molecule is COc1cncc(-c2cc3c(-c4cc5c(-c6ccc(F)cc6)nccc5[nH]4)n[nH]c3cn2)c1. The van der Waals surface area contributed by atoms with Crippen LogP contribution in [0.25, 0.3) is 55.7 Å². The fourth-order valence-electron chi connectivity index (χ4n) is 3.97. The van der Waals surface area contributed by atoms with Gasteiger partial charge < -0.3 is 9.72 Å². The molecule has 2 N–H and O–H groups in total. The molecule has 0 bridgehead atoms. The maximum atomic E-state index is 13.4. The van der Waals surface area contributed by atoms with E-state index in [0.29, 0.717) is 5.75 Å². The quantitative estimate of drug-likeness (QED) is 0.387. The number of hydrogen-bond acceptors (Lipinski definition) is 5. The van der Waals surface area contributed by atoms with Gasteiger partial charge in [-0.3, -0.25) is 20.1 Å². The summed E-state index contributed by atoms with van der Waals surface area (Å²) in [5.41, 5.74) is 6.58. The van der Waals surface area contributed by atoms with E-state index in [4.69, 9.17) is 4.74 Å². The number of nitrogens with one attached hydrogen (secondary N) is 2. The van der Waals surface area contributed by atoms with Crippen LogP contribution in [-0.2, 0) is 0 Å². The minimum atomic E-state index is -0.278. The van der Waals surface area contributed by atoms with E-state index in [-0.39, 0.29) is 5.82 Å². The number of H-pyrrole nitrogens is 2. The van der Waals surface area contributed by atoms with Crippen LogP contribution >= 0.6 is 0 Å². The number of aromatic amines is 2. The van der Waals surface area contributed by atoms with E-state index in [1.54, 1.807) is 44.0 Å². The van der Waals surface area contributed by atoms with Crippen molar-refractivity contribution in [1.29, 1.82) is 0 Å². The summed E-state index contributed by atoms with van der Waals surface area (Å²) in [6, 6.07) is 14.1. The van der Waals surface area contributed by atoms with Crippen molar-refractivity contribution < 1.29 is 9.13 Å². The largest absolute Gasteiger partial charge is 0.495 e. The molecule has 5 aromatic heterocycles. The maximum absolute atomic E-state index is 13.4. The number of fused-ring (bicyclic) bond motifs is 2. The second kappa shape index (κ2) is 7.52. The van der Waals surface area contributed by atoms with Crippen molar-refractivity contribution in [3.05, 3.63) is 79.1 Å². The number of hydrogen-bond donors (Lipinski definition) is 2. The van der Waals surface area contributed by atoms with Gasteiger partial charge in [-0.05, 0) is 48.5 Å². The molecule has 0 spiro atoms. The van der Waals surface area contributed by atoms with Crippen LogP contribution in [0.2, 0.25) is 0 Å². The van der Waals surface area contributed by atoms with Gasteiger partial charge in [-0.25, -0.2) is 4.39 Å². The van der Waals surface area contributed by atoms with Crippen LogP contribution in [0.5, 0.6) is 5.75 Å². The predicted octanol–water partition coefficient (Wildman–Crippen LogP) is 5.38. The lowest BCUT2D eigenvalue weighted by molar-refractivity contribution is 0.413. The summed E-state index contributed by atoms with van der Waals surface area (Å²) in [5, 5.41) is 9.45. The fourth-order valence-corrected chi connectivity index (χ4v) is 3.97. The second-order valence-electron chi connectivity index (χ2n) is 7.61. The molecule has 6 aromatic rings. The molecule has 0 aliphatic carbocycles. The number of rotatable bonds is 4. The first-order chi connectivity index (χ1) is 16.2. The number of aromatic nitrogens is 6.